The summed E-state index contributed by atoms with van der Waals surface area (Å²) in [4.78, 5) is 4.41. The zero-order valence-electron chi connectivity index (χ0n) is 9.18. The van der Waals surface area contributed by atoms with Crippen LogP contribution < -0.4 is 18.9 Å². The van der Waals surface area contributed by atoms with E-state index in [-0.39, 0.29) is 18.9 Å². The Kier molecular flexibility index (Phi) is 5.35. The van der Waals surface area contributed by atoms with Crippen molar-refractivity contribution in [2.24, 2.45) is 0 Å². The Labute approximate surface area is 102 Å². The van der Waals surface area contributed by atoms with Crippen molar-refractivity contribution in [3.63, 3.8) is 0 Å². The molecule has 0 N–H and O–H groups in total. The third-order valence-corrected chi connectivity index (χ3v) is 1.34. The summed E-state index contributed by atoms with van der Waals surface area (Å²) in [6.07, 6.45) is 4.20. The zero-order chi connectivity index (χ0) is 12.4. The molecule has 2 nitrogen and oxygen atoms in total. The summed E-state index contributed by atoms with van der Waals surface area (Å²) in [6.45, 7) is 4.32. The Bertz CT molecular complexity index is 238. The molecule has 16 heavy (non-hydrogen) atoms. The van der Waals surface area contributed by atoms with E-state index in [1.807, 2.05) is 0 Å². The quantitative estimate of drug-likeness (QED) is 0.397. The molecule has 0 bridgehead atoms. The van der Waals surface area contributed by atoms with Gasteiger partial charge in [0.2, 0.25) is 0 Å². The van der Waals surface area contributed by atoms with Crippen molar-refractivity contribution in [2.75, 3.05) is 20.3 Å². The van der Waals surface area contributed by atoms with Crippen LogP contribution in [0.1, 0.15) is 6.92 Å². The van der Waals surface area contributed by atoms with Crippen LogP contribution >= 0.6 is 7.81 Å². The fourth-order valence-electron chi connectivity index (χ4n) is 0.794. The first-order valence-electron chi connectivity index (χ1n) is 3.97. The van der Waals surface area contributed by atoms with Gasteiger partial charge in [-0.2, -0.15) is 0 Å². The van der Waals surface area contributed by atoms with Crippen LogP contribution in [0.2, 0.25) is 0 Å². The second-order valence-corrected chi connectivity index (χ2v) is 4.98. The van der Waals surface area contributed by atoms with E-state index in [4.69, 9.17) is 0 Å². The first-order chi connectivity index (χ1) is 6.28. The van der Waals surface area contributed by atoms with E-state index in [2.05, 4.69) is 36.2 Å². The molecule has 0 aliphatic carbocycles. The number of halogens is 6. The van der Waals surface area contributed by atoms with Gasteiger partial charge < -0.3 is 9.80 Å². The number of hydrogen-bond acceptors (Lipinski definition) is 2. The van der Waals surface area contributed by atoms with Crippen molar-refractivity contribution >= 4 is 7.81 Å². The summed E-state index contributed by atoms with van der Waals surface area (Å²) in [6, 6.07) is 0. The summed E-state index contributed by atoms with van der Waals surface area (Å²) >= 11 is 0. The molecule has 1 heterocycles. The van der Waals surface area contributed by atoms with E-state index in [1.54, 1.807) is 0 Å². The molecule has 0 radical (unpaired) electrons. The third-order valence-electron chi connectivity index (χ3n) is 1.34. The molecule has 0 atom stereocenters. The summed E-state index contributed by atoms with van der Waals surface area (Å²) in [5, 5.41) is 0. The normalized spacial score (nSPS) is 19.2. The molecule has 0 fully saturated rings. The van der Waals surface area contributed by atoms with Crippen LogP contribution in [0.15, 0.2) is 12.4 Å². The van der Waals surface area contributed by atoms with Gasteiger partial charge in [0.1, 0.15) is 0 Å². The standard InChI is InChI=1S/C6H12N2.F6P.Li/c1-3-8-5-4-7(2)6-8;1-7(2,3,4,5)6;/h4-5H,3,6H2,1-2H3;;/q;-1;+1. The van der Waals surface area contributed by atoms with Crippen molar-refractivity contribution in [3.05, 3.63) is 12.4 Å². The van der Waals surface area contributed by atoms with Gasteiger partial charge in [-0.1, -0.05) is 0 Å². The van der Waals surface area contributed by atoms with Crippen LogP contribution in [0.25, 0.3) is 0 Å². The van der Waals surface area contributed by atoms with E-state index in [1.165, 1.54) is 0 Å². The molecular formula is C6H12F6LiN2P. The Morgan fingerprint density at radius 2 is 1.44 bits per heavy atom. The second-order valence-electron chi connectivity index (χ2n) is 3.06. The molecule has 94 valence electrons. The Hall–Kier alpha value is -0.0526. The molecule has 0 amide bonds. The molecule has 0 unspecified atom stereocenters. The van der Waals surface area contributed by atoms with Gasteiger partial charge in [0.15, 0.2) is 0 Å². The minimum atomic E-state index is -10.7. The zero-order valence-corrected chi connectivity index (χ0v) is 10.1. The van der Waals surface area contributed by atoms with Crippen molar-refractivity contribution < 1.29 is 44.0 Å². The number of rotatable bonds is 1. The molecule has 0 aromatic rings. The fraction of sp³-hybridized carbons (Fsp3) is 0.667. The van der Waals surface area contributed by atoms with Crippen molar-refractivity contribution in [2.45, 2.75) is 6.92 Å². The van der Waals surface area contributed by atoms with E-state index in [0.717, 1.165) is 13.2 Å². The van der Waals surface area contributed by atoms with Gasteiger partial charge in [0.05, 0.1) is 6.67 Å². The van der Waals surface area contributed by atoms with Crippen LogP contribution in [0.5, 0.6) is 0 Å². The Morgan fingerprint density at radius 1 is 1.06 bits per heavy atom. The topological polar surface area (TPSA) is 6.48 Å². The molecule has 0 aromatic heterocycles. The van der Waals surface area contributed by atoms with Crippen LogP contribution in [0.4, 0.5) is 25.2 Å². The predicted molar refractivity (Wildman–Crippen MR) is 47.7 cm³/mol. The van der Waals surface area contributed by atoms with Gasteiger partial charge in [0.25, 0.3) is 0 Å². The molecule has 1 rings (SSSR count). The molecule has 0 saturated carbocycles. The molecule has 1 aliphatic heterocycles. The van der Waals surface area contributed by atoms with E-state index in [9.17, 15) is 25.2 Å². The molecular weight excluding hydrogens is 252 g/mol. The molecule has 0 saturated heterocycles. The van der Waals surface area contributed by atoms with Crippen LogP contribution in [0.3, 0.4) is 0 Å². The predicted octanol–water partition coefficient (Wildman–Crippen LogP) is 1.07. The monoisotopic (exact) mass is 264 g/mol. The van der Waals surface area contributed by atoms with Gasteiger partial charge in [-0.15, -0.1) is 0 Å². The molecule has 0 spiro atoms. The largest absolute Gasteiger partial charge is 1.00 e. The maximum Gasteiger partial charge on any atom is 1.00 e. The van der Waals surface area contributed by atoms with Crippen molar-refractivity contribution in [1.29, 1.82) is 0 Å². The van der Waals surface area contributed by atoms with Crippen molar-refractivity contribution in [3.8, 4) is 0 Å². The van der Waals surface area contributed by atoms with Crippen molar-refractivity contribution in [1.82, 2.24) is 9.80 Å². The second kappa shape index (κ2) is 4.67. The average Bonchev–Trinajstić information content (AvgIpc) is 2.28. The maximum absolute atomic E-state index is 10.7. The van der Waals surface area contributed by atoms with E-state index < -0.39 is 7.81 Å². The Morgan fingerprint density at radius 3 is 1.56 bits per heavy atom. The van der Waals surface area contributed by atoms with E-state index >= 15 is 0 Å². The molecule has 0 aromatic carbocycles. The smallest absolute Gasteiger partial charge is 1.00 e. The first-order valence-corrected chi connectivity index (χ1v) is 6.00. The molecule has 10 heteroatoms. The van der Waals surface area contributed by atoms with Gasteiger partial charge >= 0.3 is 51.9 Å². The maximum atomic E-state index is 9.87. The molecule has 1 aliphatic rings. The number of nitrogens with zero attached hydrogens (tertiary/aromatic N) is 2. The van der Waals surface area contributed by atoms with Crippen LogP contribution in [-0.4, -0.2) is 30.1 Å². The van der Waals surface area contributed by atoms with E-state index in [0.29, 0.717) is 0 Å². The Balaban J connectivity index is 0. The average molecular weight is 264 g/mol. The first kappa shape index (κ1) is 18.3. The summed E-state index contributed by atoms with van der Waals surface area (Å²) in [5.74, 6) is 0. The fourth-order valence-corrected chi connectivity index (χ4v) is 0.794. The van der Waals surface area contributed by atoms with Gasteiger partial charge in [-0.25, -0.2) is 0 Å². The van der Waals surface area contributed by atoms with Gasteiger partial charge in [-0.05, 0) is 6.92 Å². The summed E-state index contributed by atoms with van der Waals surface area (Å²) in [7, 11) is -8.58. The van der Waals surface area contributed by atoms with Gasteiger partial charge in [0, 0.05) is 26.0 Å². The minimum absolute atomic E-state index is 0. The van der Waals surface area contributed by atoms with Crippen LogP contribution in [0, 0.1) is 0 Å². The number of hydrogen-bond donors (Lipinski definition) is 0. The summed E-state index contributed by atoms with van der Waals surface area (Å²) in [5.41, 5.74) is 0. The van der Waals surface area contributed by atoms with Gasteiger partial charge in [-0.3, -0.25) is 0 Å². The third kappa shape index (κ3) is 19.5. The summed E-state index contributed by atoms with van der Waals surface area (Å²) < 4.78 is 59.2. The van der Waals surface area contributed by atoms with Crippen LogP contribution in [-0.2, 0) is 0 Å². The SMILES string of the molecule is CCN1C=CN(C)C1.F[P-](F)(F)(F)(F)F.[Li+]. The minimum Gasteiger partial charge on any atom is 1.00 e.